The quantitative estimate of drug-likeness (QED) is 0.323. The predicted molar refractivity (Wildman–Crippen MR) is 84.6 cm³/mol. The van der Waals surface area contributed by atoms with Gasteiger partial charge in [-0.3, -0.25) is 10.1 Å². The molecular weight excluding hydrogens is 359 g/mol. The van der Waals surface area contributed by atoms with Crippen molar-refractivity contribution in [1.82, 2.24) is 0 Å². The summed E-state index contributed by atoms with van der Waals surface area (Å²) in [5.41, 5.74) is 1.07. The molecule has 0 aliphatic heterocycles. The lowest BCUT2D eigenvalue weighted by molar-refractivity contribution is -0.385. The molecule has 0 aliphatic carbocycles. The van der Waals surface area contributed by atoms with Gasteiger partial charge in [0.1, 0.15) is 0 Å². The highest BCUT2D eigenvalue weighted by Gasteiger charge is 2.10. The Labute approximate surface area is 127 Å². The van der Waals surface area contributed by atoms with Gasteiger partial charge in [-0.25, -0.2) is 0 Å². The molecule has 0 atom stereocenters. The van der Waals surface area contributed by atoms with E-state index in [9.17, 15) is 10.1 Å². The van der Waals surface area contributed by atoms with Crippen molar-refractivity contribution in [3.63, 3.8) is 0 Å². The van der Waals surface area contributed by atoms with Crippen LogP contribution in [-0.4, -0.2) is 24.2 Å². The van der Waals surface area contributed by atoms with Crippen molar-refractivity contribution in [2.45, 2.75) is 32.8 Å². The van der Waals surface area contributed by atoms with E-state index < -0.39 is 0 Å². The van der Waals surface area contributed by atoms with Crippen LogP contribution in [0.15, 0.2) is 18.2 Å². The SMILES string of the molecule is CC(C)OCCCCNc1ccc([N+](=O)[O-])c(I)c1. The molecule has 106 valence electrons. The van der Waals surface area contributed by atoms with E-state index in [1.807, 2.05) is 36.4 Å². The lowest BCUT2D eigenvalue weighted by Gasteiger charge is -2.09. The Hall–Kier alpha value is -0.890. The van der Waals surface area contributed by atoms with Crippen molar-refractivity contribution in [2.75, 3.05) is 18.5 Å². The second-order valence-electron chi connectivity index (χ2n) is 4.48. The van der Waals surface area contributed by atoms with Crippen LogP contribution >= 0.6 is 22.6 Å². The highest BCUT2D eigenvalue weighted by Crippen LogP contribution is 2.24. The van der Waals surface area contributed by atoms with E-state index in [-0.39, 0.29) is 16.7 Å². The summed E-state index contributed by atoms with van der Waals surface area (Å²) >= 11 is 1.98. The number of nitro benzene ring substituents is 1. The summed E-state index contributed by atoms with van der Waals surface area (Å²) in [4.78, 5) is 10.3. The number of benzene rings is 1. The van der Waals surface area contributed by atoms with E-state index in [0.29, 0.717) is 3.57 Å². The average Bonchev–Trinajstić information content (AvgIpc) is 2.32. The van der Waals surface area contributed by atoms with E-state index in [1.165, 1.54) is 6.07 Å². The molecule has 1 aromatic rings. The fourth-order valence-corrected chi connectivity index (χ4v) is 2.26. The van der Waals surface area contributed by atoms with Crippen LogP contribution in [0, 0.1) is 13.7 Å². The molecule has 0 saturated carbocycles. The van der Waals surface area contributed by atoms with Crippen LogP contribution in [0.4, 0.5) is 11.4 Å². The number of rotatable bonds is 8. The first kappa shape index (κ1) is 16.2. The Bertz CT molecular complexity index is 424. The van der Waals surface area contributed by atoms with Gasteiger partial charge in [0.25, 0.3) is 5.69 Å². The van der Waals surface area contributed by atoms with Crippen molar-refractivity contribution in [2.24, 2.45) is 0 Å². The molecule has 1 N–H and O–H groups in total. The maximum Gasteiger partial charge on any atom is 0.282 e. The van der Waals surface area contributed by atoms with E-state index in [1.54, 1.807) is 12.1 Å². The molecule has 0 fully saturated rings. The average molecular weight is 378 g/mol. The number of nitrogens with one attached hydrogen (secondary N) is 1. The molecule has 0 radical (unpaired) electrons. The van der Waals surface area contributed by atoms with Crippen LogP contribution in [0.2, 0.25) is 0 Å². The van der Waals surface area contributed by atoms with Gasteiger partial charge in [-0.15, -0.1) is 0 Å². The maximum absolute atomic E-state index is 10.7. The highest BCUT2D eigenvalue weighted by atomic mass is 127. The summed E-state index contributed by atoms with van der Waals surface area (Å²) in [6.45, 7) is 5.67. The van der Waals surface area contributed by atoms with Crippen molar-refractivity contribution in [3.05, 3.63) is 31.9 Å². The summed E-state index contributed by atoms with van der Waals surface area (Å²) in [7, 11) is 0. The van der Waals surface area contributed by atoms with E-state index in [2.05, 4.69) is 5.32 Å². The lowest BCUT2D eigenvalue weighted by atomic mass is 10.2. The van der Waals surface area contributed by atoms with Crippen molar-refractivity contribution >= 4 is 34.0 Å². The third-order valence-corrected chi connectivity index (χ3v) is 3.36. The van der Waals surface area contributed by atoms with Crippen LogP contribution in [0.3, 0.4) is 0 Å². The molecule has 0 amide bonds. The third-order valence-electron chi connectivity index (χ3n) is 2.50. The topological polar surface area (TPSA) is 64.4 Å². The molecule has 1 aromatic carbocycles. The Morgan fingerprint density at radius 2 is 2.16 bits per heavy atom. The molecule has 19 heavy (non-hydrogen) atoms. The summed E-state index contributed by atoms with van der Waals surface area (Å²) in [6, 6.07) is 5.07. The Balaban J connectivity index is 2.30. The van der Waals surface area contributed by atoms with Gasteiger partial charge in [-0.05, 0) is 61.4 Å². The number of ether oxygens (including phenoxy) is 1. The van der Waals surface area contributed by atoms with Crippen LogP contribution < -0.4 is 5.32 Å². The van der Waals surface area contributed by atoms with E-state index >= 15 is 0 Å². The van der Waals surface area contributed by atoms with Crippen LogP contribution in [0.1, 0.15) is 26.7 Å². The van der Waals surface area contributed by atoms with E-state index in [0.717, 1.165) is 31.7 Å². The number of unbranched alkanes of at least 4 members (excludes halogenated alkanes) is 1. The molecule has 6 heteroatoms. The summed E-state index contributed by atoms with van der Waals surface area (Å²) < 4.78 is 6.10. The van der Waals surface area contributed by atoms with Gasteiger partial charge in [0, 0.05) is 24.9 Å². The first-order valence-electron chi connectivity index (χ1n) is 6.30. The molecule has 0 bridgehead atoms. The molecule has 5 nitrogen and oxygen atoms in total. The van der Waals surface area contributed by atoms with Gasteiger partial charge in [0.05, 0.1) is 14.6 Å². The molecule has 0 aromatic heterocycles. The van der Waals surface area contributed by atoms with Crippen molar-refractivity contribution in [3.8, 4) is 0 Å². The molecule has 0 spiro atoms. The summed E-state index contributed by atoms with van der Waals surface area (Å²) in [5.74, 6) is 0. The molecule has 1 rings (SSSR count). The van der Waals surface area contributed by atoms with Crippen molar-refractivity contribution < 1.29 is 9.66 Å². The fraction of sp³-hybridized carbons (Fsp3) is 0.538. The summed E-state index contributed by atoms with van der Waals surface area (Å²) in [5, 5.41) is 13.9. The number of hydrogen-bond donors (Lipinski definition) is 1. The molecule has 0 unspecified atom stereocenters. The first-order chi connectivity index (χ1) is 9.00. The number of hydrogen-bond acceptors (Lipinski definition) is 4. The predicted octanol–water partition coefficient (Wildman–Crippen LogP) is 3.82. The number of anilines is 1. The third kappa shape index (κ3) is 6.20. The van der Waals surface area contributed by atoms with Gasteiger partial charge in [-0.1, -0.05) is 0 Å². The smallest absolute Gasteiger partial charge is 0.282 e. The number of halogens is 1. The normalized spacial score (nSPS) is 10.7. The number of nitro groups is 1. The van der Waals surface area contributed by atoms with Gasteiger partial charge in [0.2, 0.25) is 0 Å². The largest absolute Gasteiger partial charge is 0.385 e. The fourth-order valence-electron chi connectivity index (χ4n) is 1.54. The highest BCUT2D eigenvalue weighted by molar-refractivity contribution is 14.1. The van der Waals surface area contributed by atoms with E-state index in [4.69, 9.17) is 4.74 Å². The first-order valence-corrected chi connectivity index (χ1v) is 7.38. The Morgan fingerprint density at radius 3 is 2.74 bits per heavy atom. The van der Waals surface area contributed by atoms with Gasteiger partial charge >= 0.3 is 0 Å². The molecule has 0 aliphatic rings. The minimum Gasteiger partial charge on any atom is -0.385 e. The zero-order valence-electron chi connectivity index (χ0n) is 11.2. The molecular formula is C13H19IN2O3. The molecule has 0 saturated heterocycles. The van der Waals surface area contributed by atoms with Gasteiger partial charge in [-0.2, -0.15) is 0 Å². The van der Waals surface area contributed by atoms with Gasteiger partial charge < -0.3 is 10.1 Å². The monoisotopic (exact) mass is 378 g/mol. The van der Waals surface area contributed by atoms with Crippen LogP contribution in [0.5, 0.6) is 0 Å². The molecule has 0 heterocycles. The zero-order chi connectivity index (χ0) is 14.3. The minimum atomic E-state index is -0.366. The Morgan fingerprint density at radius 1 is 1.42 bits per heavy atom. The zero-order valence-corrected chi connectivity index (χ0v) is 13.3. The standard InChI is InChI=1S/C13H19IN2O3/c1-10(2)19-8-4-3-7-15-11-5-6-13(16(17)18)12(14)9-11/h5-6,9-10,15H,3-4,7-8H2,1-2H3. The van der Waals surface area contributed by atoms with Gasteiger partial charge in [0.15, 0.2) is 0 Å². The second kappa shape index (κ2) is 8.31. The number of nitrogens with zero attached hydrogens (tertiary/aromatic N) is 1. The van der Waals surface area contributed by atoms with Crippen LogP contribution in [-0.2, 0) is 4.74 Å². The van der Waals surface area contributed by atoms with Crippen LogP contribution in [0.25, 0.3) is 0 Å². The second-order valence-corrected chi connectivity index (χ2v) is 5.64. The minimum absolute atomic E-state index is 0.150. The summed E-state index contributed by atoms with van der Waals surface area (Å²) in [6.07, 6.45) is 2.31. The maximum atomic E-state index is 10.7. The Kier molecular flexibility index (Phi) is 7.07. The lowest BCUT2D eigenvalue weighted by Crippen LogP contribution is -2.07. The van der Waals surface area contributed by atoms with Crippen molar-refractivity contribution in [1.29, 1.82) is 0 Å².